The number of ether oxygens (including phenoxy) is 1. The number of carbonyl (C=O) groups is 1. The van der Waals surface area contributed by atoms with Gasteiger partial charge in [-0.05, 0) is 26.6 Å². The molecule has 7 nitrogen and oxygen atoms in total. The van der Waals surface area contributed by atoms with Gasteiger partial charge in [-0.15, -0.1) is 23.4 Å². The van der Waals surface area contributed by atoms with Crippen LogP contribution < -0.4 is 5.32 Å². The molecule has 0 aromatic carbocycles. The summed E-state index contributed by atoms with van der Waals surface area (Å²) in [6.07, 6.45) is 0.804. The van der Waals surface area contributed by atoms with E-state index in [1.807, 2.05) is 18.0 Å². The molecule has 0 bridgehead atoms. The number of aliphatic hydroxyl groups is 3. The number of likely N-dealkylation sites (N-methyl/N-ethyl adjacent to an activating group) is 1. The zero-order chi connectivity index (χ0) is 20.3. The Morgan fingerprint density at radius 2 is 2.07 bits per heavy atom. The second-order valence-electron chi connectivity index (χ2n) is 7.32. The van der Waals surface area contributed by atoms with E-state index in [1.54, 1.807) is 13.2 Å². The summed E-state index contributed by atoms with van der Waals surface area (Å²) < 4.78 is 5.78. The predicted octanol–water partition coefficient (Wildman–Crippen LogP) is 0.310. The molecule has 1 fully saturated rings. The molecule has 0 radical (unpaired) electrons. The van der Waals surface area contributed by atoms with Gasteiger partial charge in [0.1, 0.15) is 35.9 Å². The van der Waals surface area contributed by atoms with Crippen molar-refractivity contribution in [3.8, 4) is 0 Å². The maximum Gasteiger partial charge on any atom is 0.241 e. The fraction of sp³-hybridized carbons (Fsp3) is 0.833. The third-order valence-electron chi connectivity index (χ3n) is 5.16. The van der Waals surface area contributed by atoms with Gasteiger partial charge in [0.05, 0.1) is 11.4 Å². The second-order valence-corrected chi connectivity index (χ2v) is 8.95. The molecule has 0 aromatic rings. The van der Waals surface area contributed by atoms with Crippen molar-refractivity contribution in [3.63, 3.8) is 0 Å². The van der Waals surface area contributed by atoms with Crippen LogP contribution in [0.15, 0.2) is 11.6 Å². The van der Waals surface area contributed by atoms with E-state index in [9.17, 15) is 20.1 Å². The first-order valence-electron chi connectivity index (χ1n) is 9.27. The van der Waals surface area contributed by atoms with E-state index in [0.717, 1.165) is 19.4 Å². The van der Waals surface area contributed by atoms with Gasteiger partial charge >= 0.3 is 0 Å². The highest BCUT2D eigenvalue weighted by Crippen LogP contribution is 2.30. The fourth-order valence-corrected chi connectivity index (χ4v) is 4.54. The monoisotopic (exact) mass is 422 g/mol. The van der Waals surface area contributed by atoms with E-state index in [-0.39, 0.29) is 5.91 Å². The van der Waals surface area contributed by atoms with Gasteiger partial charge in [-0.2, -0.15) is 0 Å². The van der Waals surface area contributed by atoms with Gasteiger partial charge in [0.15, 0.2) is 0 Å². The fourth-order valence-electron chi connectivity index (χ4n) is 3.65. The number of hydrogen-bond donors (Lipinski definition) is 4. The van der Waals surface area contributed by atoms with Crippen molar-refractivity contribution in [1.82, 2.24) is 10.2 Å². The van der Waals surface area contributed by atoms with E-state index >= 15 is 0 Å². The van der Waals surface area contributed by atoms with Crippen molar-refractivity contribution in [1.29, 1.82) is 0 Å². The second kappa shape index (κ2) is 9.91. The third-order valence-corrected chi connectivity index (χ3v) is 6.28. The number of nitrogens with zero attached hydrogens (tertiary/aromatic N) is 1. The zero-order valence-electron chi connectivity index (χ0n) is 16.2. The van der Waals surface area contributed by atoms with Crippen molar-refractivity contribution >= 4 is 29.3 Å². The number of halogens is 1. The molecular weight excluding hydrogens is 392 g/mol. The van der Waals surface area contributed by atoms with Gasteiger partial charge in [-0.3, -0.25) is 9.69 Å². The number of nitrogens with one attached hydrogen (secondary N) is 1. The van der Waals surface area contributed by atoms with Crippen LogP contribution in [0.25, 0.3) is 0 Å². The molecule has 0 aliphatic carbocycles. The van der Waals surface area contributed by atoms with Gasteiger partial charge in [0.2, 0.25) is 5.91 Å². The summed E-state index contributed by atoms with van der Waals surface area (Å²) in [5.41, 5.74) is 0.513. The van der Waals surface area contributed by atoms with Crippen LogP contribution in [0.2, 0.25) is 0 Å². The van der Waals surface area contributed by atoms with Crippen LogP contribution in [0, 0.1) is 0 Å². The predicted molar refractivity (Wildman–Crippen MR) is 107 cm³/mol. The van der Waals surface area contributed by atoms with Gasteiger partial charge in [0, 0.05) is 6.54 Å². The van der Waals surface area contributed by atoms with E-state index in [2.05, 4.69) is 12.2 Å². The molecule has 0 spiro atoms. The van der Waals surface area contributed by atoms with Crippen LogP contribution in [-0.4, -0.2) is 93.3 Å². The topological polar surface area (TPSA) is 102 Å². The quantitative estimate of drug-likeness (QED) is 0.346. The van der Waals surface area contributed by atoms with Crippen molar-refractivity contribution in [2.75, 3.05) is 19.8 Å². The number of alkyl halides is 1. The normalized spacial score (nSPS) is 37.0. The Morgan fingerprint density at radius 3 is 2.63 bits per heavy atom. The van der Waals surface area contributed by atoms with Gasteiger partial charge in [0.25, 0.3) is 0 Å². The standard InChI is InChI=1S/C18H31ClN2O5S/c1-5-6-10-7-11(21(3)8-10)17(25)20-12(9(2)19)16-14(23)13(22)15(24)18(26-16)27-4/h7,9,11-16,18,22-24H,5-6,8H2,1-4H3,(H,20,25)/t9-,11+,12+,13-,14+,15+,16+,18+/m0/s1. The maximum atomic E-state index is 12.9. The highest BCUT2D eigenvalue weighted by Gasteiger charge is 2.48. The molecule has 2 aliphatic heterocycles. The van der Waals surface area contributed by atoms with Crippen molar-refractivity contribution in [2.45, 2.75) is 74.0 Å². The number of thioether (sulfide) groups is 1. The molecule has 4 N–H and O–H groups in total. The summed E-state index contributed by atoms with van der Waals surface area (Å²) in [5, 5.41) is 32.9. The summed E-state index contributed by atoms with van der Waals surface area (Å²) in [6.45, 7) is 4.54. The van der Waals surface area contributed by atoms with Crippen LogP contribution in [0.1, 0.15) is 26.7 Å². The Hall–Kier alpha value is -0.350. The molecule has 2 rings (SSSR count). The Morgan fingerprint density at radius 1 is 1.41 bits per heavy atom. The molecule has 2 heterocycles. The molecule has 1 amide bonds. The average Bonchev–Trinajstić information content (AvgIpc) is 2.99. The van der Waals surface area contributed by atoms with Crippen LogP contribution in [0.4, 0.5) is 0 Å². The highest BCUT2D eigenvalue weighted by atomic mass is 35.5. The lowest BCUT2D eigenvalue weighted by molar-refractivity contribution is -0.205. The number of rotatable bonds is 7. The molecule has 156 valence electrons. The molecule has 0 unspecified atom stereocenters. The summed E-state index contributed by atoms with van der Waals surface area (Å²) in [5.74, 6) is -0.224. The average molecular weight is 423 g/mol. The van der Waals surface area contributed by atoms with E-state index < -0.39 is 47.3 Å². The lowest BCUT2D eigenvalue weighted by atomic mass is 9.93. The van der Waals surface area contributed by atoms with E-state index in [1.165, 1.54) is 17.3 Å². The molecule has 0 saturated carbocycles. The minimum Gasteiger partial charge on any atom is -0.388 e. The summed E-state index contributed by atoms with van der Waals surface area (Å²) in [7, 11) is 1.89. The van der Waals surface area contributed by atoms with Crippen LogP contribution in [0.3, 0.4) is 0 Å². The first kappa shape index (κ1) is 22.9. The Balaban J connectivity index is 2.14. The molecule has 9 heteroatoms. The number of aliphatic hydroxyl groups excluding tert-OH is 3. The summed E-state index contributed by atoms with van der Waals surface area (Å²) in [4.78, 5) is 14.8. The minimum atomic E-state index is -1.37. The van der Waals surface area contributed by atoms with Gasteiger partial charge < -0.3 is 25.4 Å². The Kier molecular flexibility index (Phi) is 8.42. The maximum absolute atomic E-state index is 12.9. The third kappa shape index (κ3) is 5.18. The lowest BCUT2D eigenvalue weighted by Crippen LogP contribution is -2.65. The first-order chi connectivity index (χ1) is 12.7. The van der Waals surface area contributed by atoms with Crippen molar-refractivity contribution in [3.05, 3.63) is 11.6 Å². The zero-order valence-corrected chi connectivity index (χ0v) is 17.8. The van der Waals surface area contributed by atoms with Gasteiger partial charge in [-0.1, -0.05) is 25.0 Å². The Bertz CT molecular complexity index is 548. The number of carbonyl (C=O) groups excluding carboxylic acids is 1. The largest absolute Gasteiger partial charge is 0.388 e. The first-order valence-corrected chi connectivity index (χ1v) is 11.0. The van der Waals surface area contributed by atoms with Crippen LogP contribution in [-0.2, 0) is 9.53 Å². The highest BCUT2D eigenvalue weighted by molar-refractivity contribution is 7.99. The minimum absolute atomic E-state index is 0.224. The SMILES string of the molecule is CCCC1=C[C@H](C(=O)N[C@@H]([C@H]2O[C@H](SC)[C@H](O)[C@@H](O)[C@H]2O)[C@H](C)Cl)N(C)C1. The number of hydrogen-bond acceptors (Lipinski definition) is 7. The summed E-state index contributed by atoms with van der Waals surface area (Å²) in [6, 6.07) is -1.12. The summed E-state index contributed by atoms with van der Waals surface area (Å²) >= 11 is 7.52. The Labute approximate surface area is 170 Å². The molecule has 27 heavy (non-hydrogen) atoms. The molecule has 0 aromatic heterocycles. The van der Waals surface area contributed by atoms with Crippen molar-refractivity contribution < 1.29 is 24.9 Å². The lowest BCUT2D eigenvalue weighted by Gasteiger charge is -2.44. The van der Waals surface area contributed by atoms with E-state index in [4.69, 9.17) is 16.3 Å². The van der Waals surface area contributed by atoms with Crippen LogP contribution in [0.5, 0.6) is 0 Å². The molecule has 1 saturated heterocycles. The smallest absolute Gasteiger partial charge is 0.241 e. The van der Waals surface area contributed by atoms with Gasteiger partial charge in [-0.25, -0.2) is 0 Å². The molecule has 2 aliphatic rings. The molecule has 8 atom stereocenters. The molecular formula is C18H31ClN2O5S. The van der Waals surface area contributed by atoms with E-state index in [0.29, 0.717) is 0 Å². The number of amides is 1. The van der Waals surface area contributed by atoms with Crippen molar-refractivity contribution in [2.24, 2.45) is 0 Å². The van der Waals surface area contributed by atoms with Crippen LogP contribution >= 0.6 is 23.4 Å².